The minimum Gasteiger partial charge on any atom is -0.494 e. The number of halogens is 1. The van der Waals surface area contributed by atoms with E-state index >= 15 is 0 Å². The Hall–Kier alpha value is -2.20. The Balaban J connectivity index is 1.79. The van der Waals surface area contributed by atoms with Crippen molar-refractivity contribution in [2.45, 2.75) is 43.9 Å². The van der Waals surface area contributed by atoms with Crippen LogP contribution in [0.15, 0.2) is 42.5 Å². The number of hydrogen-bond donors (Lipinski definition) is 4. The van der Waals surface area contributed by atoms with Crippen LogP contribution in [0.1, 0.15) is 29.7 Å². The van der Waals surface area contributed by atoms with Crippen molar-refractivity contribution in [3.63, 3.8) is 0 Å². The third-order valence-electron chi connectivity index (χ3n) is 5.28. The molecule has 5 atom stereocenters. The highest BCUT2D eigenvalue weighted by Crippen LogP contribution is 2.34. The van der Waals surface area contributed by atoms with Gasteiger partial charge in [-0.05, 0) is 48.2 Å². The minimum absolute atomic E-state index is 0.381. The molecule has 1 heterocycles. The van der Waals surface area contributed by atoms with Crippen LogP contribution in [0.2, 0.25) is 5.02 Å². The van der Waals surface area contributed by atoms with Crippen LogP contribution in [-0.4, -0.2) is 70.6 Å². The molecule has 1 aliphatic heterocycles. The average Bonchev–Trinajstić information content (AvgIpc) is 2.80. The van der Waals surface area contributed by atoms with Crippen molar-refractivity contribution in [3.05, 3.63) is 64.2 Å². The Morgan fingerprint density at radius 1 is 1.06 bits per heavy atom. The molecule has 4 N–H and O–H groups in total. The molecule has 3 rings (SSSR count). The maximum Gasteiger partial charge on any atom is 0.331 e. The van der Waals surface area contributed by atoms with Gasteiger partial charge in [0.1, 0.15) is 49.5 Å². The van der Waals surface area contributed by atoms with E-state index in [1.807, 2.05) is 31.2 Å². The van der Waals surface area contributed by atoms with E-state index in [-0.39, 0.29) is 6.61 Å². The summed E-state index contributed by atoms with van der Waals surface area (Å²) in [6.45, 7) is 1.30. The van der Waals surface area contributed by atoms with E-state index in [9.17, 15) is 20.1 Å². The number of carbonyl (C=O) groups excluding carboxylic acids is 1. The number of aliphatic hydroxyl groups excluding tert-OH is 4. The number of benzene rings is 2. The standard InChI is InChI=1S/C23H27ClO8/c1-2-30-16-6-3-13(4-7-16)9-15-10-14(5-8-17(15)24)23-22(29)21(28)20(27)18(32-23)12-31-19(26)11-25/h3-8,10,18,20-23,25,27-29H,2,9,11-12H2,1H3/t18-,20-,21+,22-,23+/m1/s1. The molecule has 0 unspecified atom stereocenters. The van der Waals surface area contributed by atoms with Gasteiger partial charge < -0.3 is 34.6 Å². The molecule has 0 saturated carbocycles. The van der Waals surface area contributed by atoms with Gasteiger partial charge in [0, 0.05) is 5.02 Å². The SMILES string of the molecule is CCOc1ccc(Cc2cc([C@@H]3O[C@H](COC(=O)CO)[C@@H](O)[C@H](O)[C@H]3O)ccc2Cl)cc1. The average molecular weight is 467 g/mol. The van der Waals surface area contributed by atoms with E-state index in [2.05, 4.69) is 0 Å². The van der Waals surface area contributed by atoms with Crippen molar-refractivity contribution >= 4 is 17.6 Å². The van der Waals surface area contributed by atoms with E-state index in [1.54, 1.807) is 18.2 Å². The van der Waals surface area contributed by atoms with Crippen molar-refractivity contribution in [2.75, 3.05) is 19.8 Å². The predicted molar refractivity (Wildman–Crippen MR) is 116 cm³/mol. The van der Waals surface area contributed by atoms with Crippen LogP contribution in [0.4, 0.5) is 0 Å². The molecule has 1 fully saturated rings. The van der Waals surface area contributed by atoms with Crippen molar-refractivity contribution in [3.8, 4) is 5.75 Å². The summed E-state index contributed by atoms with van der Waals surface area (Å²) in [5.41, 5.74) is 2.34. The lowest BCUT2D eigenvalue weighted by atomic mass is 9.90. The van der Waals surface area contributed by atoms with Gasteiger partial charge in [-0.25, -0.2) is 4.79 Å². The highest BCUT2D eigenvalue weighted by Gasteiger charge is 2.44. The monoisotopic (exact) mass is 466 g/mol. The molecule has 0 amide bonds. The van der Waals surface area contributed by atoms with Gasteiger partial charge in [-0.3, -0.25) is 0 Å². The number of hydrogen-bond acceptors (Lipinski definition) is 8. The number of esters is 1. The molecule has 2 aromatic rings. The second-order valence-electron chi connectivity index (χ2n) is 7.51. The summed E-state index contributed by atoms with van der Waals surface area (Å²) in [7, 11) is 0. The molecule has 174 valence electrons. The summed E-state index contributed by atoms with van der Waals surface area (Å²) in [5, 5.41) is 40.3. The predicted octanol–water partition coefficient (Wildman–Crippen LogP) is 1.39. The van der Waals surface area contributed by atoms with Crippen LogP contribution >= 0.6 is 11.6 Å². The first-order chi connectivity index (χ1) is 15.3. The Labute approximate surface area is 190 Å². The number of ether oxygens (including phenoxy) is 3. The lowest BCUT2D eigenvalue weighted by Gasteiger charge is -2.40. The Morgan fingerprint density at radius 2 is 1.78 bits per heavy atom. The van der Waals surface area contributed by atoms with Gasteiger partial charge in [-0.1, -0.05) is 35.9 Å². The first kappa shape index (κ1) is 24.4. The maximum atomic E-state index is 11.2. The van der Waals surface area contributed by atoms with Crippen molar-refractivity contribution in [1.29, 1.82) is 0 Å². The smallest absolute Gasteiger partial charge is 0.331 e. The fourth-order valence-corrected chi connectivity index (χ4v) is 3.77. The van der Waals surface area contributed by atoms with Gasteiger partial charge in [0.15, 0.2) is 0 Å². The quantitative estimate of drug-likeness (QED) is 0.430. The third-order valence-corrected chi connectivity index (χ3v) is 5.65. The van der Waals surface area contributed by atoms with Gasteiger partial charge in [-0.15, -0.1) is 0 Å². The zero-order valence-corrected chi connectivity index (χ0v) is 18.3. The third kappa shape index (κ3) is 5.78. The molecular weight excluding hydrogens is 440 g/mol. The molecule has 0 aromatic heterocycles. The largest absolute Gasteiger partial charge is 0.494 e. The summed E-state index contributed by atoms with van der Waals surface area (Å²) < 4.78 is 16.0. The molecule has 0 aliphatic carbocycles. The van der Waals surface area contributed by atoms with Crippen molar-refractivity contribution in [2.24, 2.45) is 0 Å². The molecule has 9 heteroatoms. The zero-order valence-electron chi connectivity index (χ0n) is 17.6. The lowest BCUT2D eigenvalue weighted by molar-refractivity contribution is -0.234. The second kappa shape index (κ2) is 11.1. The van der Waals surface area contributed by atoms with Crippen LogP contribution in [-0.2, 0) is 20.7 Å². The Kier molecular flexibility index (Phi) is 8.47. The van der Waals surface area contributed by atoms with Crippen molar-refractivity contribution in [1.82, 2.24) is 0 Å². The van der Waals surface area contributed by atoms with E-state index in [1.165, 1.54) is 0 Å². The molecule has 1 saturated heterocycles. The molecule has 1 aliphatic rings. The number of aliphatic hydroxyl groups is 4. The lowest BCUT2D eigenvalue weighted by Crippen LogP contribution is -2.55. The molecule has 0 bridgehead atoms. The molecule has 0 spiro atoms. The van der Waals surface area contributed by atoms with E-state index in [0.29, 0.717) is 23.6 Å². The fraction of sp³-hybridized carbons (Fsp3) is 0.435. The summed E-state index contributed by atoms with van der Waals surface area (Å²) in [5.74, 6) is -0.114. The summed E-state index contributed by atoms with van der Waals surface area (Å²) >= 11 is 6.38. The summed E-state index contributed by atoms with van der Waals surface area (Å²) in [6.07, 6.45) is -5.94. The first-order valence-electron chi connectivity index (χ1n) is 10.3. The zero-order chi connectivity index (χ0) is 23.3. The highest BCUT2D eigenvalue weighted by molar-refractivity contribution is 6.31. The molecule has 2 aromatic carbocycles. The van der Waals surface area contributed by atoms with Crippen LogP contribution in [0.5, 0.6) is 5.75 Å². The molecular formula is C23H27ClO8. The first-order valence-corrected chi connectivity index (χ1v) is 10.7. The van der Waals surface area contributed by atoms with E-state index in [0.717, 1.165) is 16.9 Å². The number of carbonyl (C=O) groups is 1. The van der Waals surface area contributed by atoms with Crippen LogP contribution in [0, 0.1) is 0 Å². The van der Waals surface area contributed by atoms with E-state index in [4.69, 9.17) is 30.9 Å². The fourth-order valence-electron chi connectivity index (χ4n) is 3.58. The van der Waals surface area contributed by atoms with Crippen LogP contribution in [0.3, 0.4) is 0 Å². The Bertz CT molecular complexity index is 903. The van der Waals surface area contributed by atoms with Crippen LogP contribution < -0.4 is 4.74 Å². The van der Waals surface area contributed by atoms with Gasteiger partial charge in [0.25, 0.3) is 0 Å². The van der Waals surface area contributed by atoms with Gasteiger partial charge in [0.05, 0.1) is 6.61 Å². The topological polar surface area (TPSA) is 126 Å². The van der Waals surface area contributed by atoms with Gasteiger partial charge in [0.2, 0.25) is 0 Å². The van der Waals surface area contributed by atoms with E-state index < -0.39 is 43.1 Å². The summed E-state index contributed by atoms with van der Waals surface area (Å²) in [6, 6.07) is 12.7. The molecule has 32 heavy (non-hydrogen) atoms. The summed E-state index contributed by atoms with van der Waals surface area (Å²) in [4.78, 5) is 11.2. The van der Waals surface area contributed by atoms with Gasteiger partial charge >= 0.3 is 5.97 Å². The van der Waals surface area contributed by atoms with Crippen molar-refractivity contribution < 1.29 is 39.4 Å². The molecule has 8 nitrogen and oxygen atoms in total. The molecule has 0 radical (unpaired) electrons. The minimum atomic E-state index is -1.52. The Morgan fingerprint density at radius 3 is 2.44 bits per heavy atom. The maximum absolute atomic E-state index is 11.2. The van der Waals surface area contributed by atoms with Crippen LogP contribution in [0.25, 0.3) is 0 Å². The normalized spacial score (nSPS) is 25.4. The highest BCUT2D eigenvalue weighted by atomic mass is 35.5. The van der Waals surface area contributed by atoms with Gasteiger partial charge in [-0.2, -0.15) is 0 Å². The second-order valence-corrected chi connectivity index (χ2v) is 7.92. The number of rotatable bonds is 8.